The second-order valence-corrected chi connectivity index (χ2v) is 6.32. The molecule has 0 saturated heterocycles. The van der Waals surface area contributed by atoms with Crippen LogP contribution in [-0.2, 0) is 9.53 Å². The minimum absolute atomic E-state index is 0.159. The first-order chi connectivity index (χ1) is 9.14. The molecule has 0 heterocycles. The Morgan fingerprint density at radius 3 is 2.68 bits per heavy atom. The van der Waals surface area contributed by atoms with Gasteiger partial charge >= 0.3 is 5.97 Å². The predicted octanol–water partition coefficient (Wildman–Crippen LogP) is 2.85. The van der Waals surface area contributed by atoms with Gasteiger partial charge in [-0.1, -0.05) is 18.2 Å². The summed E-state index contributed by atoms with van der Waals surface area (Å²) in [6.45, 7) is 1.95. The van der Waals surface area contributed by atoms with Crippen LogP contribution >= 0.6 is 11.8 Å². The van der Waals surface area contributed by atoms with Crippen molar-refractivity contribution < 1.29 is 9.53 Å². The van der Waals surface area contributed by atoms with E-state index in [1.807, 2.05) is 25.1 Å². The molecule has 1 atom stereocenters. The van der Waals surface area contributed by atoms with Crippen molar-refractivity contribution in [2.24, 2.45) is 0 Å². The van der Waals surface area contributed by atoms with Gasteiger partial charge in [0.2, 0.25) is 0 Å². The van der Waals surface area contributed by atoms with Gasteiger partial charge in [0.15, 0.2) is 0 Å². The van der Waals surface area contributed by atoms with E-state index in [0.29, 0.717) is 6.04 Å². The summed E-state index contributed by atoms with van der Waals surface area (Å²) in [6.07, 6.45) is 3.10. The second kappa shape index (κ2) is 6.44. The Kier molecular flexibility index (Phi) is 4.88. The normalized spacial score (nSPS) is 17.8. The van der Waals surface area contributed by atoms with Gasteiger partial charge in [-0.15, -0.1) is 11.8 Å². The Balaban J connectivity index is 1.87. The van der Waals surface area contributed by atoms with Crippen molar-refractivity contribution in [1.29, 1.82) is 0 Å². The Bertz CT molecular complexity index is 419. The zero-order valence-corrected chi connectivity index (χ0v) is 12.3. The highest BCUT2D eigenvalue weighted by Crippen LogP contribution is 2.27. The largest absolute Gasteiger partial charge is 0.468 e. The number of carbonyl (C=O) groups excluding carboxylic acids is 1. The molecule has 0 aromatic heterocycles. The molecule has 4 heteroatoms. The number of hydrogen-bond donors (Lipinski definition) is 1. The minimum atomic E-state index is -0.558. The maximum atomic E-state index is 11.9. The smallest absolute Gasteiger partial charge is 0.325 e. The van der Waals surface area contributed by atoms with Gasteiger partial charge in [0.1, 0.15) is 5.54 Å². The minimum Gasteiger partial charge on any atom is -0.468 e. The molecule has 1 aromatic rings. The number of hydrogen-bond acceptors (Lipinski definition) is 4. The molecule has 2 rings (SSSR count). The third kappa shape index (κ3) is 4.25. The zero-order valence-electron chi connectivity index (χ0n) is 11.5. The molecule has 1 aliphatic rings. The molecule has 1 saturated carbocycles. The molecule has 1 aromatic carbocycles. The van der Waals surface area contributed by atoms with E-state index >= 15 is 0 Å². The van der Waals surface area contributed by atoms with E-state index in [1.165, 1.54) is 24.8 Å². The van der Waals surface area contributed by atoms with Crippen LogP contribution in [0.4, 0.5) is 0 Å². The molecular weight excluding hydrogens is 258 g/mol. The fraction of sp³-hybridized carbons (Fsp3) is 0.533. The number of methoxy groups -OCH3 is 1. The van der Waals surface area contributed by atoms with Crippen LogP contribution in [0.1, 0.15) is 26.2 Å². The van der Waals surface area contributed by atoms with Crippen LogP contribution < -0.4 is 5.32 Å². The van der Waals surface area contributed by atoms with E-state index in [0.717, 1.165) is 12.2 Å². The molecule has 0 spiro atoms. The quantitative estimate of drug-likeness (QED) is 0.615. The lowest BCUT2D eigenvalue weighted by Gasteiger charge is -2.28. The summed E-state index contributed by atoms with van der Waals surface area (Å²) >= 11 is 1.77. The van der Waals surface area contributed by atoms with Gasteiger partial charge in [-0.25, -0.2) is 0 Å². The van der Waals surface area contributed by atoms with Crippen LogP contribution in [0.5, 0.6) is 0 Å². The highest BCUT2D eigenvalue weighted by atomic mass is 32.2. The lowest BCUT2D eigenvalue weighted by Crippen LogP contribution is -2.51. The van der Waals surface area contributed by atoms with E-state index < -0.39 is 5.54 Å². The predicted molar refractivity (Wildman–Crippen MR) is 78.4 cm³/mol. The first-order valence-electron chi connectivity index (χ1n) is 6.68. The maximum absolute atomic E-state index is 11.9. The average molecular weight is 279 g/mol. The van der Waals surface area contributed by atoms with E-state index in [-0.39, 0.29) is 5.97 Å². The first kappa shape index (κ1) is 14.4. The Hall–Kier alpha value is -1.00. The summed E-state index contributed by atoms with van der Waals surface area (Å²) in [7, 11) is 1.46. The van der Waals surface area contributed by atoms with E-state index in [1.54, 1.807) is 11.8 Å². The van der Waals surface area contributed by atoms with Gasteiger partial charge in [-0.05, 0) is 38.3 Å². The van der Waals surface area contributed by atoms with E-state index in [2.05, 4.69) is 17.4 Å². The number of thioether (sulfide) groups is 1. The summed E-state index contributed by atoms with van der Waals surface area (Å²) in [5.41, 5.74) is -0.558. The number of benzene rings is 1. The van der Waals surface area contributed by atoms with Gasteiger partial charge in [0.25, 0.3) is 0 Å². The summed E-state index contributed by atoms with van der Waals surface area (Å²) in [6, 6.07) is 10.8. The van der Waals surface area contributed by atoms with Gasteiger partial charge in [-0.2, -0.15) is 0 Å². The number of ether oxygens (including phenoxy) is 1. The van der Waals surface area contributed by atoms with Crippen molar-refractivity contribution in [1.82, 2.24) is 5.32 Å². The molecular formula is C15H21NO2S. The van der Waals surface area contributed by atoms with Crippen molar-refractivity contribution in [2.45, 2.75) is 42.7 Å². The van der Waals surface area contributed by atoms with Crippen LogP contribution in [0, 0.1) is 0 Å². The molecule has 0 radical (unpaired) electrons. The average Bonchev–Trinajstić information content (AvgIpc) is 3.22. The van der Waals surface area contributed by atoms with Gasteiger partial charge in [0, 0.05) is 16.7 Å². The Morgan fingerprint density at radius 2 is 2.11 bits per heavy atom. The lowest BCUT2D eigenvalue weighted by molar-refractivity contribution is -0.148. The fourth-order valence-electron chi connectivity index (χ4n) is 2.03. The molecule has 0 aliphatic heterocycles. The van der Waals surface area contributed by atoms with Crippen LogP contribution in [0.15, 0.2) is 35.2 Å². The lowest BCUT2D eigenvalue weighted by atomic mass is 9.99. The SMILES string of the molecule is COC(=O)C(C)(CCSc1ccccc1)NC1CC1. The monoisotopic (exact) mass is 279 g/mol. The van der Waals surface area contributed by atoms with Crippen LogP contribution in [0.25, 0.3) is 0 Å². The van der Waals surface area contributed by atoms with E-state index in [9.17, 15) is 4.79 Å². The zero-order chi connectivity index (χ0) is 13.7. The highest BCUT2D eigenvalue weighted by molar-refractivity contribution is 7.99. The van der Waals surface area contributed by atoms with Crippen molar-refractivity contribution in [3.05, 3.63) is 30.3 Å². The third-order valence-electron chi connectivity index (χ3n) is 3.35. The number of carbonyl (C=O) groups is 1. The van der Waals surface area contributed by atoms with Gasteiger partial charge in [0.05, 0.1) is 7.11 Å². The van der Waals surface area contributed by atoms with Crippen molar-refractivity contribution >= 4 is 17.7 Å². The maximum Gasteiger partial charge on any atom is 0.325 e. The topological polar surface area (TPSA) is 38.3 Å². The summed E-state index contributed by atoms with van der Waals surface area (Å²) < 4.78 is 4.94. The van der Waals surface area contributed by atoms with Crippen LogP contribution in [0.2, 0.25) is 0 Å². The second-order valence-electron chi connectivity index (χ2n) is 5.15. The van der Waals surface area contributed by atoms with Gasteiger partial charge in [-0.3, -0.25) is 10.1 Å². The third-order valence-corrected chi connectivity index (χ3v) is 4.36. The standard InChI is InChI=1S/C15H21NO2S/c1-15(14(17)18-2,16-12-8-9-12)10-11-19-13-6-4-3-5-7-13/h3-7,12,16H,8-11H2,1-2H3. The van der Waals surface area contributed by atoms with Crippen LogP contribution in [0.3, 0.4) is 0 Å². The molecule has 1 aliphatic carbocycles. The molecule has 19 heavy (non-hydrogen) atoms. The van der Waals surface area contributed by atoms with E-state index in [4.69, 9.17) is 4.74 Å². The molecule has 1 fully saturated rings. The molecule has 3 nitrogen and oxygen atoms in total. The summed E-state index contributed by atoms with van der Waals surface area (Å²) in [5, 5.41) is 3.42. The Labute approximate surface area is 119 Å². The fourth-order valence-corrected chi connectivity index (χ4v) is 3.12. The number of esters is 1. The number of nitrogens with one attached hydrogen (secondary N) is 1. The number of rotatable bonds is 7. The first-order valence-corrected chi connectivity index (χ1v) is 7.66. The Morgan fingerprint density at radius 1 is 1.42 bits per heavy atom. The molecule has 104 valence electrons. The molecule has 1 N–H and O–H groups in total. The molecule has 0 amide bonds. The summed E-state index contributed by atoms with van der Waals surface area (Å²) in [5.74, 6) is 0.739. The van der Waals surface area contributed by atoms with Gasteiger partial charge < -0.3 is 4.74 Å². The van der Waals surface area contributed by atoms with Crippen molar-refractivity contribution in [2.75, 3.05) is 12.9 Å². The highest BCUT2D eigenvalue weighted by Gasteiger charge is 2.38. The van der Waals surface area contributed by atoms with Crippen molar-refractivity contribution in [3.8, 4) is 0 Å². The molecule has 1 unspecified atom stereocenters. The van der Waals surface area contributed by atoms with Crippen LogP contribution in [-0.4, -0.2) is 30.4 Å². The summed E-state index contributed by atoms with van der Waals surface area (Å²) in [4.78, 5) is 13.2. The molecule has 0 bridgehead atoms. The van der Waals surface area contributed by atoms with Crippen molar-refractivity contribution in [3.63, 3.8) is 0 Å².